The van der Waals surface area contributed by atoms with Gasteiger partial charge in [-0.15, -0.1) is 0 Å². The molecule has 0 saturated carbocycles. The van der Waals surface area contributed by atoms with Gasteiger partial charge in [-0.2, -0.15) is 0 Å². The van der Waals surface area contributed by atoms with E-state index in [2.05, 4.69) is 5.32 Å². The van der Waals surface area contributed by atoms with Crippen LogP contribution in [0.5, 0.6) is 0 Å². The smallest absolute Gasteiger partial charge is 0.253 e. The minimum atomic E-state index is 0.0782. The maximum atomic E-state index is 12.6. The third-order valence-electron chi connectivity index (χ3n) is 5.06. The van der Waals surface area contributed by atoms with E-state index in [0.29, 0.717) is 17.0 Å². The highest BCUT2D eigenvalue weighted by Gasteiger charge is 2.38. The molecule has 2 aliphatic heterocycles. The summed E-state index contributed by atoms with van der Waals surface area (Å²) in [4.78, 5) is 25.8. The van der Waals surface area contributed by atoms with E-state index >= 15 is 0 Å². The monoisotopic (exact) mass is 320 g/mol. The van der Waals surface area contributed by atoms with Crippen LogP contribution in [0.15, 0.2) is 18.2 Å². The first-order valence-electron chi connectivity index (χ1n) is 7.81. The van der Waals surface area contributed by atoms with Gasteiger partial charge in [0.15, 0.2) is 0 Å². The predicted octanol–water partition coefficient (Wildman–Crippen LogP) is 2.78. The molecule has 22 heavy (non-hydrogen) atoms. The van der Waals surface area contributed by atoms with Crippen LogP contribution in [0.3, 0.4) is 0 Å². The molecule has 1 aromatic rings. The Morgan fingerprint density at radius 1 is 1.27 bits per heavy atom. The van der Waals surface area contributed by atoms with Gasteiger partial charge in [0.25, 0.3) is 5.91 Å². The number of benzene rings is 1. The lowest BCUT2D eigenvalue weighted by Gasteiger charge is -2.44. The third kappa shape index (κ3) is 2.98. The van der Waals surface area contributed by atoms with E-state index in [0.717, 1.165) is 44.5 Å². The lowest BCUT2D eigenvalue weighted by molar-refractivity contribution is -0.125. The Morgan fingerprint density at radius 2 is 2.00 bits per heavy atom. The van der Waals surface area contributed by atoms with Crippen LogP contribution in [-0.4, -0.2) is 36.3 Å². The number of nitrogens with zero attached hydrogens (tertiary/aromatic N) is 1. The predicted molar refractivity (Wildman–Crippen MR) is 86.0 cm³/mol. The van der Waals surface area contributed by atoms with Gasteiger partial charge in [-0.3, -0.25) is 9.59 Å². The molecule has 2 amide bonds. The van der Waals surface area contributed by atoms with Crippen LogP contribution < -0.4 is 5.32 Å². The van der Waals surface area contributed by atoms with Crippen molar-refractivity contribution in [3.8, 4) is 0 Å². The molecule has 0 bridgehead atoms. The maximum Gasteiger partial charge on any atom is 0.253 e. The fourth-order valence-corrected chi connectivity index (χ4v) is 3.53. The number of rotatable bonds is 1. The zero-order valence-corrected chi connectivity index (χ0v) is 13.6. The molecular formula is C17H21ClN2O2. The van der Waals surface area contributed by atoms with Crippen molar-refractivity contribution in [3.63, 3.8) is 0 Å². The Kier molecular flexibility index (Phi) is 4.13. The Bertz CT molecular complexity index is 595. The van der Waals surface area contributed by atoms with Gasteiger partial charge in [0, 0.05) is 36.6 Å². The van der Waals surface area contributed by atoms with E-state index in [1.165, 1.54) is 0 Å². The average molecular weight is 321 g/mol. The molecule has 0 aromatic heterocycles. The van der Waals surface area contributed by atoms with Crippen molar-refractivity contribution >= 4 is 23.4 Å². The lowest BCUT2D eigenvalue weighted by Crippen LogP contribution is -2.50. The number of carbonyl (C=O) groups is 2. The summed E-state index contributed by atoms with van der Waals surface area (Å²) in [5.74, 6) is 0.232. The Morgan fingerprint density at radius 3 is 2.59 bits per heavy atom. The molecule has 3 rings (SSSR count). The summed E-state index contributed by atoms with van der Waals surface area (Å²) < 4.78 is 0. The number of piperidine rings is 2. The van der Waals surface area contributed by atoms with Gasteiger partial charge in [-0.05, 0) is 55.4 Å². The molecule has 2 saturated heterocycles. The molecule has 1 N–H and O–H groups in total. The Labute approximate surface area is 135 Å². The van der Waals surface area contributed by atoms with Crippen LogP contribution >= 0.6 is 11.6 Å². The summed E-state index contributed by atoms with van der Waals surface area (Å²) in [5, 5.41) is 3.66. The van der Waals surface area contributed by atoms with Gasteiger partial charge in [-0.1, -0.05) is 11.6 Å². The van der Waals surface area contributed by atoms with Crippen LogP contribution in [0.4, 0.5) is 0 Å². The highest BCUT2D eigenvalue weighted by atomic mass is 35.5. The molecule has 2 aliphatic rings. The second-order valence-corrected chi connectivity index (χ2v) is 6.94. The Hall–Kier alpha value is -1.55. The third-order valence-corrected chi connectivity index (χ3v) is 5.48. The molecule has 1 spiro atoms. The highest BCUT2D eigenvalue weighted by molar-refractivity contribution is 6.31. The van der Waals surface area contributed by atoms with Gasteiger partial charge in [-0.25, -0.2) is 0 Å². The first-order valence-corrected chi connectivity index (χ1v) is 8.19. The molecule has 4 nitrogen and oxygen atoms in total. The second-order valence-electron chi connectivity index (χ2n) is 6.53. The average Bonchev–Trinajstić information content (AvgIpc) is 2.53. The fraction of sp³-hybridized carbons (Fsp3) is 0.529. The van der Waals surface area contributed by atoms with Crippen molar-refractivity contribution in [2.75, 3.05) is 19.6 Å². The van der Waals surface area contributed by atoms with Crippen molar-refractivity contribution < 1.29 is 9.59 Å². The summed E-state index contributed by atoms with van der Waals surface area (Å²) in [7, 11) is 0. The van der Waals surface area contributed by atoms with Gasteiger partial charge >= 0.3 is 0 Å². The minimum Gasteiger partial charge on any atom is -0.356 e. The van der Waals surface area contributed by atoms with Crippen LogP contribution in [-0.2, 0) is 4.79 Å². The summed E-state index contributed by atoms with van der Waals surface area (Å²) in [6.07, 6.45) is 3.49. The molecule has 0 radical (unpaired) electrons. The van der Waals surface area contributed by atoms with Gasteiger partial charge in [0.1, 0.15) is 0 Å². The van der Waals surface area contributed by atoms with Crippen molar-refractivity contribution in [3.05, 3.63) is 34.3 Å². The zero-order valence-electron chi connectivity index (χ0n) is 12.8. The van der Waals surface area contributed by atoms with Crippen LogP contribution in [0, 0.1) is 12.3 Å². The van der Waals surface area contributed by atoms with E-state index in [-0.39, 0.29) is 17.2 Å². The summed E-state index contributed by atoms with van der Waals surface area (Å²) in [5.41, 5.74) is 1.83. The van der Waals surface area contributed by atoms with Crippen LogP contribution in [0.2, 0.25) is 5.02 Å². The standard InChI is InChI=1S/C17H21ClN2O2/c1-12-10-13(2-3-14(12)18)16(22)20-8-6-17(7-9-20)5-4-15(21)19-11-17/h2-3,10H,4-9,11H2,1H3,(H,19,21). The number of carbonyl (C=O) groups excluding carboxylic acids is 2. The van der Waals surface area contributed by atoms with E-state index in [4.69, 9.17) is 11.6 Å². The van der Waals surface area contributed by atoms with Gasteiger partial charge in [0.2, 0.25) is 5.91 Å². The number of likely N-dealkylation sites (tertiary alicyclic amines) is 1. The number of hydrogen-bond acceptors (Lipinski definition) is 2. The van der Waals surface area contributed by atoms with E-state index in [1.54, 1.807) is 12.1 Å². The molecule has 0 atom stereocenters. The molecule has 5 heteroatoms. The number of halogens is 1. The SMILES string of the molecule is Cc1cc(C(=O)N2CCC3(CCC(=O)NC3)CC2)ccc1Cl. The first kappa shape index (κ1) is 15.3. The normalized spacial score (nSPS) is 20.8. The van der Waals surface area contributed by atoms with Gasteiger partial charge in [0.05, 0.1) is 0 Å². The minimum absolute atomic E-state index is 0.0782. The van der Waals surface area contributed by atoms with E-state index in [9.17, 15) is 9.59 Å². The number of aryl methyl sites for hydroxylation is 1. The second kappa shape index (κ2) is 5.92. The van der Waals surface area contributed by atoms with Crippen molar-refractivity contribution in [2.45, 2.75) is 32.6 Å². The molecular weight excluding hydrogens is 300 g/mol. The number of hydrogen-bond donors (Lipinski definition) is 1. The van der Waals surface area contributed by atoms with Crippen molar-refractivity contribution in [2.24, 2.45) is 5.41 Å². The largest absolute Gasteiger partial charge is 0.356 e. The first-order chi connectivity index (χ1) is 10.5. The van der Waals surface area contributed by atoms with E-state index < -0.39 is 0 Å². The molecule has 0 aliphatic carbocycles. The fourth-order valence-electron chi connectivity index (χ4n) is 3.41. The number of nitrogens with one attached hydrogen (secondary N) is 1. The lowest BCUT2D eigenvalue weighted by atomic mass is 9.73. The van der Waals surface area contributed by atoms with E-state index in [1.807, 2.05) is 17.9 Å². The molecule has 118 valence electrons. The van der Waals surface area contributed by atoms with Crippen molar-refractivity contribution in [1.29, 1.82) is 0 Å². The van der Waals surface area contributed by atoms with Crippen LogP contribution in [0.25, 0.3) is 0 Å². The molecule has 2 fully saturated rings. The Balaban J connectivity index is 1.64. The van der Waals surface area contributed by atoms with Crippen molar-refractivity contribution in [1.82, 2.24) is 10.2 Å². The van der Waals surface area contributed by atoms with Crippen LogP contribution in [0.1, 0.15) is 41.6 Å². The quantitative estimate of drug-likeness (QED) is 0.865. The highest BCUT2D eigenvalue weighted by Crippen LogP contribution is 2.37. The molecule has 1 aromatic carbocycles. The summed E-state index contributed by atoms with van der Waals surface area (Å²) in [6, 6.07) is 5.44. The maximum absolute atomic E-state index is 12.6. The molecule has 2 heterocycles. The number of amides is 2. The van der Waals surface area contributed by atoms with Gasteiger partial charge < -0.3 is 10.2 Å². The summed E-state index contributed by atoms with van der Waals surface area (Å²) in [6.45, 7) is 4.19. The topological polar surface area (TPSA) is 49.4 Å². The zero-order chi connectivity index (χ0) is 15.7. The summed E-state index contributed by atoms with van der Waals surface area (Å²) >= 11 is 6.02. The molecule has 0 unspecified atom stereocenters.